The molecule has 20 heavy (non-hydrogen) atoms. The Morgan fingerprint density at radius 3 is 2.65 bits per heavy atom. The van der Waals surface area contributed by atoms with Crippen molar-refractivity contribution in [3.8, 4) is 0 Å². The van der Waals surface area contributed by atoms with E-state index in [2.05, 4.69) is 0 Å². The molecule has 0 bridgehead atoms. The summed E-state index contributed by atoms with van der Waals surface area (Å²) in [6, 6.07) is 2.62. The molecule has 1 atom stereocenters. The van der Waals surface area contributed by atoms with E-state index >= 15 is 0 Å². The fraction of sp³-hybridized carbons (Fsp3) is 0.417. The van der Waals surface area contributed by atoms with E-state index in [4.69, 9.17) is 28.3 Å². The molecule has 1 heterocycles. The summed E-state index contributed by atoms with van der Waals surface area (Å²) in [5.74, 6) is -1.42. The van der Waals surface area contributed by atoms with Gasteiger partial charge in [0.2, 0.25) is 0 Å². The zero-order valence-electron chi connectivity index (χ0n) is 10.4. The van der Waals surface area contributed by atoms with Crippen molar-refractivity contribution >= 4 is 40.5 Å². The molecule has 108 valence electrons. The highest BCUT2D eigenvalue weighted by atomic mass is 35.5. The Hall–Kier alpha value is -1.53. The first kappa shape index (κ1) is 14.9. The maximum Gasteiger partial charge on any atom is 0.308 e. The number of carboxylic acids is 1. The predicted octanol–water partition coefficient (Wildman–Crippen LogP) is 3.20. The van der Waals surface area contributed by atoms with Crippen LogP contribution >= 0.6 is 23.2 Å². The van der Waals surface area contributed by atoms with E-state index in [-0.39, 0.29) is 22.3 Å². The number of carbonyl (C=O) groups is 1. The maximum atomic E-state index is 11.1. The van der Waals surface area contributed by atoms with E-state index in [0.29, 0.717) is 25.1 Å². The van der Waals surface area contributed by atoms with E-state index in [0.717, 1.165) is 0 Å². The molecule has 0 saturated carbocycles. The Bertz CT molecular complexity index is 565. The second-order valence-corrected chi connectivity index (χ2v) is 5.45. The Balaban J connectivity index is 2.38. The average molecular weight is 319 g/mol. The summed E-state index contributed by atoms with van der Waals surface area (Å²) in [5, 5.41) is 20.5. The Kier molecular flexibility index (Phi) is 4.35. The Morgan fingerprint density at radius 2 is 2.05 bits per heavy atom. The van der Waals surface area contributed by atoms with E-state index in [1.54, 1.807) is 4.90 Å². The Morgan fingerprint density at radius 1 is 1.40 bits per heavy atom. The molecule has 2 rings (SSSR count). The molecule has 0 radical (unpaired) electrons. The van der Waals surface area contributed by atoms with E-state index in [9.17, 15) is 14.9 Å². The van der Waals surface area contributed by atoms with Crippen LogP contribution in [0.25, 0.3) is 0 Å². The molecule has 1 N–H and O–H groups in total. The minimum Gasteiger partial charge on any atom is -0.481 e. The van der Waals surface area contributed by atoms with Gasteiger partial charge in [-0.1, -0.05) is 23.2 Å². The number of piperidine rings is 1. The molecule has 0 aromatic heterocycles. The lowest BCUT2D eigenvalue weighted by molar-refractivity contribution is -0.384. The standard InChI is InChI=1S/C12H12Cl2N2O4/c13-8-4-10(11(16(19)20)5-9(8)14)15-3-1-2-7(6-15)12(17)18/h4-5,7H,1-3,6H2,(H,17,18). The molecule has 1 unspecified atom stereocenters. The average Bonchev–Trinajstić information content (AvgIpc) is 2.41. The second-order valence-electron chi connectivity index (χ2n) is 4.64. The topological polar surface area (TPSA) is 83.7 Å². The first-order valence-corrected chi connectivity index (χ1v) is 6.77. The van der Waals surface area contributed by atoms with Gasteiger partial charge in [0, 0.05) is 19.2 Å². The van der Waals surface area contributed by atoms with Crippen LogP contribution in [0.15, 0.2) is 12.1 Å². The largest absolute Gasteiger partial charge is 0.481 e. The van der Waals surface area contributed by atoms with Gasteiger partial charge in [-0.25, -0.2) is 0 Å². The van der Waals surface area contributed by atoms with Crippen molar-refractivity contribution in [3.05, 3.63) is 32.3 Å². The van der Waals surface area contributed by atoms with Gasteiger partial charge in [0.25, 0.3) is 5.69 Å². The molecule has 0 spiro atoms. The van der Waals surface area contributed by atoms with Gasteiger partial charge in [-0.2, -0.15) is 0 Å². The summed E-state index contributed by atoms with van der Waals surface area (Å²) >= 11 is 11.7. The number of rotatable bonds is 3. The van der Waals surface area contributed by atoms with Crippen LogP contribution < -0.4 is 4.90 Å². The number of anilines is 1. The molecular formula is C12H12Cl2N2O4. The Labute approximate surface area is 125 Å². The van der Waals surface area contributed by atoms with Crippen LogP contribution in [0.3, 0.4) is 0 Å². The quantitative estimate of drug-likeness (QED) is 0.683. The molecule has 1 aromatic carbocycles. The summed E-state index contributed by atoms with van der Waals surface area (Å²) in [4.78, 5) is 23.3. The van der Waals surface area contributed by atoms with Gasteiger partial charge in [-0.3, -0.25) is 14.9 Å². The third kappa shape index (κ3) is 2.96. The SMILES string of the molecule is O=C(O)C1CCCN(c2cc(Cl)c(Cl)cc2[N+](=O)[O-])C1. The van der Waals surface area contributed by atoms with Crippen molar-refractivity contribution in [2.75, 3.05) is 18.0 Å². The highest BCUT2D eigenvalue weighted by Gasteiger charge is 2.29. The number of benzene rings is 1. The van der Waals surface area contributed by atoms with E-state index < -0.39 is 16.8 Å². The lowest BCUT2D eigenvalue weighted by atomic mass is 9.97. The van der Waals surface area contributed by atoms with Gasteiger partial charge in [-0.15, -0.1) is 0 Å². The smallest absolute Gasteiger partial charge is 0.308 e. The fourth-order valence-corrected chi connectivity index (χ4v) is 2.64. The van der Waals surface area contributed by atoms with Crippen LogP contribution in [0.1, 0.15) is 12.8 Å². The summed E-state index contributed by atoms with van der Waals surface area (Å²) < 4.78 is 0. The van der Waals surface area contributed by atoms with Crippen LogP contribution in [-0.4, -0.2) is 29.1 Å². The van der Waals surface area contributed by atoms with Gasteiger partial charge in [0.05, 0.1) is 20.9 Å². The van der Waals surface area contributed by atoms with Crippen LogP contribution in [0.5, 0.6) is 0 Å². The van der Waals surface area contributed by atoms with Gasteiger partial charge >= 0.3 is 5.97 Å². The maximum absolute atomic E-state index is 11.1. The first-order valence-electron chi connectivity index (χ1n) is 6.01. The van der Waals surface area contributed by atoms with Crippen molar-refractivity contribution in [2.45, 2.75) is 12.8 Å². The van der Waals surface area contributed by atoms with Crippen LogP contribution in [0.4, 0.5) is 11.4 Å². The summed E-state index contributed by atoms with van der Waals surface area (Å²) in [7, 11) is 0. The molecule has 1 aliphatic rings. The number of halogens is 2. The van der Waals surface area contributed by atoms with Gasteiger partial charge < -0.3 is 10.0 Å². The highest BCUT2D eigenvalue weighted by Crippen LogP contribution is 2.37. The molecule has 1 aromatic rings. The minimum atomic E-state index is -0.891. The first-order chi connectivity index (χ1) is 9.40. The van der Waals surface area contributed by atoms with Crippen molar-refractivity contribution in [1.29, 1.82) is 0 Å². The summed E-state index contributed by atoms with van der Waals surface area (Å²) in [6.45, 7) is 0.788. The molecular weight excluding hydrogens is 307 g/mol. The number of hydrogen-bond acceptors (Lipinski definition) is 4. The molecule has 0 aliphatic carbocycles. The highest BCUT2D eigenvalue weighted by molar-refractivity contribution is 6.42. The summed E-state index contributed by atoms with van der Waals surface area (Å²) in [5.41, 5.74) is 0.154. The monoisotopic (exact) mass is 318 g/mol. The molecule has 1 saturated heterocycles. The van der Waals surface area contributed by atoms with E-state index in [1.807, 2.05) is 0 Å². The number of nitro benzene ring substituents is 1. The number of aliphatic carboxylic acids is 1. The molecule has 1 aliphatic heterocycles. The van der Waals surface area contributed by atoms with Crippen molar-refractivity contribution in [1.82, 2.24) is 0 Å². The van der Waals surface area contributed by atoms with Crippen molar-refractivity contribution in [3.63, 3.8) is 0 Å². The van der Waals surface area contributed by atoms with Crippen LogP contribution in [0.2, 0.25) is 10.0 Å². The number of nitrogens with zero attached hydrogens (tertiary/aromatic N) is 2. The lowest BCUT2D eigenvalue weighted by Gasteiger charge is -2.32. The zero-order valence-corrected chi connectivity index (χ0v) is 11.9. The normalized spacial score (nSPS) is 18.9. The van der Waals surface area contributed by atoms with Crippen LogP contribution in [0, 0.1) is 16.0 Å². The third-order valence-corrected chi connectivity index (χ3v) is 4.05. The molecule has 0 amide bonds. The van der Waals surface area contributed by atoms with E-state index in [1.165, 1.54) is 12.1 Å². The second kappa shape index (κ2) is 5.85. The minimum absolute atomic E-state index is 0.105. The molecule has 6 nitrogen and oxygen atoms in total. The third-order valence-electron chi connectivity index (χ3n) is 3.33. The van der Waals surface area contributed by atoms with Crippen LogP contribution in [-0.2, 0) is 4.79 Å². The molecule has 1 fully saturated rings. The number of carboxylic acid groups (broad SMARTS) is 1. The van der Waals surface area contributed by atoms with Crippen molar-refractivity contribution in [2.24, 2.45) is 5.92 Å². The zero-order chi connectivity index (χ0) is 14.9. The summed E-state index contributed by atoms with van der Waals surface area (Å²) in [6.07, 6.45) is 1.23. The molecule has 8 heteroatoms. The van der Waals surface area contributed by atoms with Gasteiger partial charge in [0.15, 0.2) is 0 Å². The fourth-order valence-electron chi connectivity index (χ4n) is 2.32. The van der Waals surface area contributed by atoms with Crippen molar-refractivity contribution < 1.29 is 14.8 Å². The lowest BCUT2D eigenvalue weighted by Crippen LogP contribution is -2.39. The predicted molar refractivity (Wildman–Crippen MR) is 75.7 cm³/mol. The van der Waals surface area contributed by atoms with Gasteiger partial charge in [-0.05, 0) is 18.9 Å². The number of nitro groups is 1. The van der Waals surface area contributed by atoms with Gasteiger partial charge in [0.1, 0.15) is 5.69 Å². The number of hydrogen-bond donors (Lipinski definition) is 1.